The largest absolute Gasteiger partial charge is 0.322 e. The standard InChI is InChI=1S/C26H21FN2O3S/c27-22-9-12-24(13-10-22)33(31,32)29-15-3-6-20-17-23(11-14-25(20)29)28-26(30)21-8-7-18-4-1-2-5-19(18)16-21/h1-2,4-5,7-14,16-17H,3,6,15H2,(H,28,30). The van der Waals surface area contributed by atoms with Crippen molar-refractivity contribution in [2.75, 3.05) is 16.2 Å². The van der Waals surface area contributed by atoms with Gasteiger partial charge in [-0.15, -0.1) is 0 Å². The molecule has 1 aliphatic rings. The third-order valence-corrected chi connectivity index (χ3v) is 7.65. The van der Waals surface area contributed by atoms with E-state index in [1.165, 1.54) is 16.4 Å². The number of anilines is 2. The van der Waals surface area contributed by atoms with E-state index in [0.717, 1.165) is 28.5 Å². The molecule has 0 radical (unpaired) electrons. The summed E-state index contributed by atoms with van der Waals surface area (Å²) in [6.45, 7) is 0.343. The quantitative estimate of drug-likeness (QED) is 0.445. The second-order valence-electron chi connectivity index (χ2n) is 7.99. The molecule has 1 N–H and O–H groups in total. The fourth-order valence-electron chi connectivity index (χ4n) is 4.16. The number of fused-ring (bicyclic) bond motifs is 2. The molecule has 0 atom stereocenters. The van der Waals surface area contributed by atoms with Gasteiger partial charge in [0.25, 0.3) is 15.9 Å². The zero-order chi connectivity index (χ0) is 23.0. The lowest BCUT2D eigenvalue weighted by molar-refractivity contribution is 0.102. The maximum atomic E-state index is 13.3. The Bertz CT molecular complexity index is 1470. The predicted octanol–water partition coefficient (Wildman–Crippen LogP) is 5.37. The molecule has 7 heteroatoms. The fourth-order valence-corrected chi connectivity index (χ4v) is 5.70. The molecule has 0 fully saturated rings. The summed E-state index contributed by atoms with van der Waals surface area (Å²) in [5.41, 5.74) is 2.57. The van der Waals surface area contributed by atoms with Crippen molar-refractivity contribution in [3.8, 4) is 0 Å². The van der Waals surface area contributed by atoms with E-state index in [4.69, 9.17) is 0 Å². The van der Waals surface area contributed by atoms with Crippen molar-refractivity contribution in [1.29, 1.82) is 0 Å². The van der Waals surface area contributed by atoms with Gasteiger partial charge in [0.05, 0.1) is 10.6 Å². The van der Waals surface area contributed by atoms with E-state index in [1.807, 2.05) is 42.5 Å². The number of benzene rings is 4. The highest BCUT2D eigenvalue weighted by molar-refractivity contribution is 7.92. The van der Waals surface area contributed by atoms with Crippen molar-refractivity contribution in [2.45, 2.75) is 17.7 Å². The van der Waals surface area contributed by atoms with Gasteiger partial charge in [-0.25, -0.2) is 12.8 Å². The van der Waals surface area contributed by atoms with Crippen LogP contribution in [0.4, 0.5) is 15.8 Å². The molecule has 4 aromatic carbocycles. The first-order valence-electron chi connectivity index (χ1n) is 10.6. The smallest absolute Gasteiger partial charge is 0.264 e. The highest BCUT2D eigenvalue weighted by Gasteiger charge is 2.29. The van der Waals surface area contributed by atoms with Crippen molar-refractivity contribution < 1.29 is 17.6 Å². The van der Waals surface area contributed by atoms with Crippen LogP contribution in [-0.4, -0.2) is 20.9 Å². The van der Waals surface area contributed by atoms with Gasteiger partial charge in [0.15, 0.2) is 0 Å². The molecule has 0 aliphatic carbocycles. The molecular formula is C26H21FN2O3S. The van der Waals surface area contributed by atoms with Gasteiger partial charge in [0.2, 0.25) is 0 Å². The Morgan fingerprint density at radius 1 is 0.879 bits per heavy atom. The Labute approximate surface area is 191 Å². The average molecular weight is 461 g/mol. The number of hydrogen-bond donors (Lipinski definition) is 1. The summed E-state index contributed by atoms with van der Waals surface area (Å²) in [6, 6.07) is 23.5. The number of sulfonamides is 1. The Morgan fingerprint density at radius 3 is 2.42 bits per heavy atom. The van der Waals surface area contributed by atoms with Crippen molar-refractivity contribution in [3.05, 3.63) is 102 Å². The summed E-state index contributed by atoms with van der Waals surface area (Å²) in [7, 11) is -3.81. The number of rotatable bonds is 4. The van der Waals surface area contributed by atoms with Crippen LogP contribution >= 0.6 is 0 Å². The molecule has 5 nitrogen and oxygen atoms in total. The minimum absolute atomic E-state index is 0.0467. The first-order chi connectivity index (χ1) is 15.9. The van der Waals surface area contributed by atoms with E-state index in [1.54, 1.807) is 18.2 Å². The molecule has 33 heavy (non-hydrogen) atoms. The van der Waals surface area contributed by atoms with Gasteiger partial charge in [-0.2, -0.15) is 0 Å². The van der Waals surface area contributed by atoms with Crippen LogP contribution in [0.15, 0.2) is 89.8 Å². The zero-order valence-corrected chi connectivity index (χ0v) is 18.5. The van der Waals surface area contributed by atoms with Gasteiger partial charge in [-0.05, 0) is 83.8 Å². The minimum atomic E-state index is -3.81. The Morgan fingerprint density at radius 2 is 1.64 bits per heavy atom. The molecule has 0 saturated heterocycles. The Balaban J connectivity index is 1.41. The van der Waals surface area contributed by atoms with Gasteiger partial charge in [-0.1, -0.05) is 30.3 Å². The number of carbonyl (C=O) groups excluding carboxylic acids is 1. The van der Waals surface area contributed by atoms with Crippen molar-refractivity contribution >= 4 is 38.1 Å². The van der Waals surface area contributed by atoms with Crippen LogP contribution in [0.2, 0.25) is 0 Å². The molecule has 0 aromatic heterocycles. The molecule has 4 aromatic rings. The molecule has 1 amide bonds. The first-order valence-corrected chi connectivity index (χ1v) is 12.1. The van der Waals surface area contributed by atoms with Crippen LogP contribution in [0.5, 0.6) is 0 Å². The van der Waals surface area contributed by atoms with Crippen LogP contribution < -0.4 is 9.62 Å². The predicted molar refractivity (Wildman–Crippen MR) is 128 cm³/mol. The molecule has 0 spiro atoms. The van der Waals surface area contributed by atoms with E-state index in [2.05, 4.69) is 5.32 Å². The molecule has 0 saturated carbocycles. The average Bonchev–Trinajstić information content (AvgIpc) is 2.83. The van der Waals surface area contributed by atoms with Crippen molar-refractivity contribution in [1.82, 2.24) is 0 Å². The Hall–Kier alpha value is -3.71. The summed E-state index contributed by atoms with van der Waals surface area (Å²) in [5.74, 6) is -0.716. The maximum Gasteiger partial charge on any atom is 0.264 e. The van der Waals surface area contributed by atoms with E-state index in [9.17, 15) is 17.6 Å². The molecule has 0 unspecified atom stereocenters. The Kier molecular flexibility index (Phi) is 5.34. The number of hydrogen-bond acceptors (Lipinski definition) is 3. The second kappa shape index (κ2) is 8.33. The summed E-state index contributed by atoms with van der Waals surface area (Å²) in [5, 5.41) is 4.96. The number of nitrogens with zero attached hydrogens (tertiary/aromatic N) is 1. The summed E-state index contributed by atoms with van der Waals surface area (Å²) < 4.78 is 40.9. The second-order valence-corrected chi connectivity index (χ2v) is 9.86. The van der Waals surface area contributed by atoms with Gasteiger partial charge in [0, 0.05) is 17.8 Å². The van der Waals surface area contributed by atoms with Crippen LogP contribution in [0.25, 0.3) is 10.8 Å². The number of nitrogens with one attached hydrogen (secondary N) is 1. The molecular weight excluding hydrogens is 439 g/mol. The fraction of sp³-hybridized carbons (Fsp3) is 0.115. The highest BCUT2D eigenvalue weighted by Crippen LogP contribution is 2.34. The van der Waals surface area contributed by atoms with Crippen molar-refractivity contribution in [2.24, 2.45) is 0 Å². The van der Waals surface area contributed by atoms with Crippen LogP contribution in [0.1, 0.15) is 22.3 Å². The number of carbonyl (C=O) groups is 1. The molecule has 5 rings (SSSR count). The summed E-state index contributed by atoms with van der Waals surface area (Å²) in [6.07, 6.45) is 1.35. The monoisotopic (exact) mass is 460 g/mol. The molecule has 0 bridgehead atoms. The SMILES string of the molecule is O=C(Nc1ccc2c(c1)CCCN2S(=O)(=O)c1ccc(F)cc1)c1ccc2ccccc2c1. The molecule has 1 heterocycles. The number of aryl methyl sites for hydroxylation is 1. The molecule has 1 aliphatic heterocycles. The number of amides is 1. The minimum Gasteiger partial charge on any atom is -0.322 e. The lowest BCUT2D eigenvalue weighted by atomic mass is 10.0. The number of halogens is 1. The summed E-state index contributed by atoms with van der Waals surface area (Å²) >= 11 is 0. The van der Waals surface area contributed by atoms with Crippen LogP contribution in [0.3, 0.4) is 0 Å². The van der Waals surface area contributed by atoms with Crippen LogP contribution in [0, 0.1) is 5.82 Å². The third-order valence-electron chi connectivity index (χ3n) is 5.83. The summed E-state index contributed by atoms with van der Waals surface area (Å²) in [4.78, 5) is 12.9. The van der Waals surface area contributed by atoms with Gasteiger partial charge >= 0.3 is 0 Å². The van der Waals surface area contributed by atoms with E-state index >= 15 is 0 Å². The maximum absolute atomic E-state index is 13.3. The lowest BCUT2D eigenvalue weighted by Crippen LogP contribution is -2.35. The van der Waals surface area contributed by atoms with Gasteiger partial charge in [-0.3, -0.25) is 9.10 Å². The first kappa shape index (κ1) is 21.2. The third kappa shape index (κ3) is 4.07. The zero-order valence-electron chi connectivity index (χ0n) is 17.7. The van der Waals surface area contributed by atoms with E-state index in [0.29, 0.717) is 36.3 Å². The van der Waals surface area contributed by atoms with Gasteiger partial charge < -0.3 is 5.32 Å². The lowest BCUT2D eigenvalue weighted by Gasteiger charge is -2.31. The topological polar surface area (TPSA) is 66.5 Å². The van der Waals surface area contributed by atoms with Crippen LogP contribution in [-0.2, 0) is 16.4 Å². The van der Waals surface area contributed by atoms with Gasteiger partial charge in [0.1, 0.15) is 5.82 Å². The van der Waals surface area contributed by atoms with Crippen molar-refractivity contribution in [3.63, 3.8) is 0 Å². The van der Waals surface area contributed by atoms with E-state index < -0.39 is 15.8 Å². The normalized spacial score (nSPS) is 13.5. The highest BCUT2D eigenvalue weighted by atomic mass is 32.2. The van der Waals surface area contributed by atoms with E-state index in [-0.39, 0.29) is 10.8 Å². The molecule has 166 valence electrons.